The molecular formula is C8H12N2O2. The Morgan fingerprint density at radius 1 is 0.917 bits per heavy atom. The number of hydrogen-bond acceptors (Lipinski definition) is 4. The number of rotatable bonds is 4. The van der Waals surface area contributed by atoms with Gasteiger partial charge in [0.1, 0.15) is 0 Å². The van der Waals surface area contributed by atoms with Crippen LogP contribution in [0, 0.1) is 5.92 Å². The van der Waals surface area contributed by atoms with Crippen LogP contribution in [0.2, 0.25) is 0 Å². The van der Waals surface area contributed by atoms with Gasteiger partial charge in [-0.2, -0.15) is 0 Å². The van der Waals surface area contributed by atoms with Gasteiger partial charge in [0, 0.05) is 5.92 Å². The second-order valence-corrected chi connectivity index (χ2v) is 2.78. The van der Waals surface area contributed by atoms with E-state index in [9.17, 15) is 9.59 Å². The first-order valence-corrected chi connectivity index (χ1v) is 3.77. The van der Waals surface area contributed by atoms with Crippen LogP contribution in [0.15, 0.2) is 9.98 Å². The smallest absolute Gasteiger partial charge is 0.211 e. The highest BCUT2D eigenvalue weighted by Crippen LogP contribution is 2.13. The quantitative estimate of drug-likeness (QED) is 0.465. The normalized spacial score (nSPS) is 16.6. The van der Waals surface area contributed by atoms with E-state index in [1.165, 1.54) is 12.2 Å². The van der Waals surface area contributed by atoms with Gasteiger partial charge in [0.15, 0.2) is 0 Å². The Hall–Kier alpha value is -1.24. The predicted octanol–water partition coefficient (Wildman–Crippen LogP) is 1.07. The van der Waals surface area contributed by atoms with Gasteiger partial charge in [-0.05, 0) is 13.8 Å². The zero-order chi connectivity index (χ0) is 9.56. The number of isocyanates is 2. The van der Waals surface area contributed by atoms with E-state index in [0.29, 0.717) is 0 Å². The minimum absolute atomic E-state index is 0.0490. The summed E-state index contributed by atoms with van der Waals surface area (Å²) in [5.41, 5.74) is 0. The third kappa shape index (κ3) is 3.24. The predicted molar refractivity (Wildman–Crippen MR) is 44.3 cm³/mol. The summed E-state index contributed by atoms with van der Waals surface area (Å²) < 4.78 is 0. The first-order chi connectivity index (χ1) is 5.63. The van der Waals surface area contributed by atoms with Crippen LogP contribution in [0.25, 0.3) is 0 Å². The van der Waals surface area contributed by atoms with Gasteiger partial charge in [-0.1, -0.05) is 6.92 Å². The molecule has 0 spiro atoms. The largest absolute Gasteiger partial charge is 0.235 e. The zero-order valence-electron chi connectivity index (χ0n) is 7.44. The molecule has 0 amide bonds. The van der Waals surface area contributed by atoms with Gasteiger partial charge in [0.2, 0.25) is 12.2 Å². The second-order valence-electron chi connectivity index (χ2n) is 2.78. The van der Waals surface area contributed by atoms with Crippen LogP contribution in [0.5, 0.6) is 0 Å². The van der Waals surface area contributed by atoms with Gasteiger partial charge < -0.3 is 0 Å². The molecule has 0 bridgehead atoms. The summed E-state index contributed by atoms with van der Waals surface area (Å²) in [4.78, 5) is 26.9. The number of aliphatic imine (C=N–C) groups is 2. The third-order valence-electron chi connectivity index (χ3n) is 2.03. The molecule has 0 radical (unpaired) electrons. The van der Waals surface area contributed by atoms with E-state index in [1.54, 1.807) is 13.8 Å². The molecule has 0 aromatic heterocycles. The Bertz CT molecular complexity index is 203. The molecule has 2 atom stereocenters. The lowest BCUT2D eigenvalue weighted by molar-refractivity contribution is 0.413. The summed E-state index contributed by atoms with van der Waals surface area (Å²) in [5, 5.41) is 0. The summed E-state index contributed by atoms with van der Waals surface area (Å²) in [6.45, 7) is 5.44. The Kier molecular flexibility index (Phi) is 4.86. The van der Waals surface area contributed by atoms with Gasteiger partial charge in [-0.15, -0.1) is 0 Å². The van der Waals surface area contributed by atoms with E-state index >= 15 is 0 Å². The minimum Gasteiger partial charge on any atom is -0.211 e. The molecule has 4 nitrogen and oxygen atoms in total. The van der Waals surface area contributed by atoms with E-state index < -0.39 is 0 Å². The first-order valence-electron chi connectivity index (χ1n) is 3.77. The summed E-state index contributed by atoms with van der Waals surface area (Å²) >= 11 is 0. The lowest BCUT2D eigenvalue weighted by Gasteiger charge is -2.16. The fourth-order valence-electron chi connectivity index (χ4n) is 0.804. The van der Waals surface area contributed by atoms with Gasteiger partial charge in [-0.3, -0.25) is 0 Å². The van der Waals surface area contributed by atoms with Crippen molar-refractivity contribution in [1.29, 1.82) is 0 Å². The fraction of sp³-hybridized carbons (Fsp3) is 0.750. The van der Waals surface area contributed by atoms with Gasteiger partial charge >= 0.3 is 0 Å². The molecule has 0 saturated carbocycles. The molecule has 0 saturated heterocycles. The molecule has 4 heteroatoms. The van der Waals surface area contributed by atoms with Gasteiger partial charge in [0.05, 0.1) is 12.1 Å². The SMILES string of the molecule is CC(N=C=O)C(C)C(C)N=C=O. The average Bonchev–Trinajstić information content (AvgIpc) is 2.04. The number of hydrogen-bond donors (Lipinski definition) is 0. The monoisotopic (exact) mass is 168 g/mol. The van der Waals surface area contributed by atoms with Gasteiger partial charge in [0.25, 0.3) is 0 Å². The van der Waals surface area contributed by atoms with Crippen LogP contribution in [0.4, 0.5) is 0 Å². The fourth-order valence-corrected chi connectivity index (χ4v) is 0.804. The molecule has 2 unspecified atom stereocenters. The molecule has 0 aliphatic rings. The van der Waals surface area contributed by atoms with Crippen LogP contribution in [-0.4, -0.2) is 24.2 Å². The average molecular weight is 168 g/mol. The highest BCUT2D eigenvalue weighted by Gasteiger charge is 2.17. The van der Waals surface area contributed by atoms with Crippen LogP contribution in [0.3, 0.4) is 0 Å². The summed E-state index contributed by atoms with van der Waals surface area (Å²) in [5.74, 6) is 0.0490. The minimum atomic E-state index is -0.158. The zero-order valence-corrected chi connectivity index (χ0v) is 7.44. The molecule has 0 rings (SSSR count). The Morgan fingerprint density at radius 2 is 1.25 bits per heavy atom. The third-order valence-corrected chi connectivity index (χ3v) is 2.03. The molecule has 0 aliphatic carbocycles. The molecule has 66 valence electrons. The molecule has 0 N–H and O–H groups in total. The highest BCUT2D eigenvalue weighted by atomic mass is 16.1. The van der Waals surface area contributed by atoms with Crippen molar-refractivity contribution >= 4 is 12.2 Å². The van der Waals surface area contributed by atoms with Crippen molar-refractivity contribution in [3.05, 3.63) is 0 Å². The lowest BCUT2D eigenvalue weighted by atomic mass is 9.97. The van der Waals surface area contributed by atoms with Crippen LogP contribution < -0.4 is 0 Å². The topological polar surface area (TPSA) is 58.9 Å². The van der Waals surface area contributed by atoms with Crippen molar-refractivity contribution in [1.82, 2.24) is 0 Å². The molecule has 0 aromatic rings. The maximum absolute atomic E-state index is 9.90. The molecule has 0 fully saturated rings. The van der Waals surface area contributed by atoms with Gasteiger partial charge in [-0.25, -0.2) is 19.6 Å². The Labute approximate surface area is 71.4 Å². The van der Waals surface area contributed by atoms with E-state index in [1.807, 2.05) is 6.92 Å². The molecule has 0 aliphatic heterocycles. The van der Waals surface area contributed by atoms with E-state index in [0.717, 1.165) is 0 Å². The summed E-state index contributed by atoms with van der Waals surface area (Å²) in [6, 6.07) is -0.316. The van der Waals surface area contributed by atoms with Crippen molar-refractivity contribution in [3.8, 4) is 0 Å². The molecule has 12 heavy (non-hydrogen) atoms. The molecular weight excluding hydrogens is 156 g/mol. The highest BCUT2D eigenvalue weighted by molar-refractivity contribution is 5.34. The Balaban J connectivity index is 4.26. The van der Waals surface area contributed by atoms with Crippen molar-refractivity contribution in [3.63, 3.8) is 0 Å². The second kappa shape index (κ2) is 5.42. The lowest BCUT2D eigenvalue weighted by Crippen LogP contribution is -2.22. The van der Waals surface area contributed by atoms with Crippen molar-refractivity contribution in [2.75, 3.05) is 0 Å². The van der Waals surface area contributed by atoms with E-state index in [2.05, 4.69) is 9.98 Å². The molecule has 0 aromatic carbocycles. The van der Waals surface area contributed by atoms with Crippen molar-refractivity contribution in [2.45, 2.75) is 32.9 Å². The first kappa shape index (κ1) is 10.8. The van der Waals surface area contributed by atoms with Crippen molar-refractivity contribution in [2.24, 2.45) is 15.9 Å². The van der Waals surface area contributed by atoms with Crippen LogP contribution in [0.1, 0.15) is 20.8 Å². The van der Waals surface area contributed by atoms with E-state index in [4.69, 9.17) is 0 Å². The van der Waals surface area contributed by atoms with E-state index in [-0.39, 0.29) is 18.0 Å². The standard InChI is InChI=1S/C8H12N2O2/c1-6(7(2)9-4-11)8(3)10-5-12/h6-8H,1-3H3. The maximum atomic E-state index is 9.90. The summed E-state index contributed by atoms with van der Waals surface area (Å²) in [7, 11) is 0. The number of nitrogens with zero attached hydrogens (tertiary/aromatic N) is 2. The number of carbonyl (C=O) groups excluding carboxylic acids is 2. The van der Waals surface area contributed by atoms with Crippen LogP contribution in [-0.2, 0) is 9.59 Å². The maximum Gasteiger partial charge on any atom is 0.235 e. The summed E-state index contributed by atoms with van der Waals surface area (Å²) in [6.07, 6.45) is 2.96. The van der Waals surface area contributed by atoms with Crippen LogP contribution >= 0.6 is 0 Å². The Morgan fingerprint density at radius 3 is 1.50 bits per heavy atom. The molecule has 0 heterocycles. The van der Waals surface area contributed by atoms with Crippen molar-refractivity contribution < 1.29 is 9.59 Å².